The highest BCUT2D eigenvalue weighted by Crippen LogP contribution is 2.19. The number of rotatable bonds is 5. The predicted octanol–water partition coefficient (Wildman–Crippen LogP) is -0.565. The van der Waals surface area contributed by atoms with Gasteiger partial charge in [-0.15, -0.1) is 0 Å². The van der Waals surface area contributed by atoms with Gasteiger partial charge < -0.3 is 25.2 Å². The number of hydrogen-bond acceptors (Lipinski definition) is 7. The maximum Gasteiger partial charge on any atom is 0.351 e. The summed E-state index contributed by atoms with van der Waals surface area (Å²) in [7, 11) is 0. The Bertz CT molecular complexity index is 629. The Kier molecular flexibility index (Phi) is 5.56. The van der Waals surface area contributed by atoms with Crippen molar-refractivity contribution in [3.8, 4) is 0 Å². The van der Waals surface area contributed by atoms with Gasteiger partial charge in [-0.1, -0.05) is 0 Å². The normalized spacial score (nSPS) is 24.9. The average molecular weight is 338 g/mol. The molecule has 3 rings (SSSR count). The number of carbonyl (C=O) groups excluding carboxylic acids is 1. The van der Waals surface area contributed by atoms with Crippen molar-refractivity contribution in [3.05, 3.63) is 22.7 Å². The van der Waals surface area contributed by atoms with E-state index in [9.17, 15) is 9.59 Å². The number of nitrogens with zero attached hydrogens (tertiary/aromatic N) is 2. The standard InChI is InChI=1S/C15H22N4O5/c20-8-14-23-9-13(24-14)19-6-3-11(18-15(19)22)17-12(21)7-10-1-4-16-5-2-10/h3,6,10,13-14,16,20H,1-2,4-5,7-9H2,(H,17,18,21,22). The van der Waals surface area contributed by atoms with Crippen molar-refractivity contribution in [2.45, 2.75) is 31.8 Å². The van der Waals surface area contributed by atoms with Crippen LogP contribution >= 0.6 is 0 Å². The number of ether oxygens (including phenoxy) is 2. The lowest BCUT2D eigenvalue weighted by atomic mass is 9.94. The third-order valence-electron chi connectivity index (χ3n) is 4.22. The Labute approximate surface area is 139 Å². The Morgan fingerprint density at radius 3 is 2.92 bits per heavy atom. The highest BCUT2D eigenvalue weighted by Gasteiger charge is 2.27. The molecule has 1 amide bonds. The lowest BCUT2D eigenvalue weighted by Crippen LogP contribution is -2.31. The van der Waals surface area contributed by atoms with Gasteiger partial charge in [-0.25, -0.2) is 4.79 Å². The first-order valence-electron chi connectivity index (χ1n) is 8.13. The van der Waals surface area contributed by atoms with Crippen LogP contribution in [0.4, 0.5) is 5.82 Å². The van der Waals surface area contributed by atoms with E-state index in [4.69, 9.17) is 14.6 Å². The van der Waals surface area contributed by atoms with Crippen LogP contribution in [0.5, 0.6) is 0 Å². The molecule has 2 fully saturated rings. The number of amides is 1. The van der Waals surface area contributed by atoms with Crippen molar-refractivity contribution in [3.63, 3.8) is 0 Å². The van der Waals surface area contributed by atoms with Crippen molar-refractivity contribution >= 4 is 11.7 Å². The first-order chi connectivity index (χ1) is 11.7. The number of piperidine rings is 1. The van der Waals surface area contributed by atoms with Gasteiger partial charge in [0.2, 0.25) is 5.91 Å². The number of aliphatic hydroxyl groups is 1. The van der Waals surface area contributed by atoms with E-state index in [1.807, 2.05) is 0 Å². The number of anilines is 1. The Balaban J connectivity index is 1.58. The molecule has 2 aliphatic rings. The van der Waals surface area contributed by atoms with Gasteiger partial charge in [0.25, 0.3) is 0 Å². The van der Waals surface area contributed by atoms with E-state index in [1.54, 1.807) is 6.07 Å². The van der Waals surface area contributed by atoms with E-state index in [-0.39, 0.29) is 24.9 Å². The Morgan fingerprint density at radius 1 is 1.46 bits per heavy atom. The van der Waals surface area contributed by atoms with Crippen LogP contribution in [0.2, 0.25) is 0 Å². The van der Waals surface area contributed by atoms with Crippen LogP contribution in [0.25, 0.3) is 0 Å². The predicted molar refractivity (Wildman–Crippen MR) is 84.3 cm³/mol. The molecule has 1 aromatic heterocycles. The van der Waals surface area contributed by atoms with Gasteiger partial charge in [0.05, 0.1) is 13.2 Å². The van der Waals surface area contributed by atoms with Crippen molar-refractivity contribution in [2.75, 3.05) is 31.6 Å². The number of hydrogen-bond donors (Lipinski definition) is 3. The fourth-order valence-corrected chi connectivity index (χ4v) is 2.93. The molecule has 3 heterocycles. The van der Waals surface area contributed by atoms with E-state index in [2.05, 4.69) is 15.6 Å². The molecular weight excluding hydrogens is 316 g/mol. The smallest absolute Gasteiger partial charge is 0.351 e. The largest absolute Gasteiger partial charge is 0.391 e. The first kappa shape index (κ1) is 17.0. The molecule has 0 radical (unpaired) electrons. The minimum atomic E-state index is -0.730. The molecule has 1 aromatic rings. The molecule has 9 heteroatoms. The van der Waals surface area contributed by atoms with Crippen molar-refractivity contribution in [1.82, 2.24) is 14.9 Å². The van der Waals surface area contributed by atoms with Gasteiger partial charge in [-0.05, 0) is 37.9 Å². The number of aromatic nitrogens is 2. The van der Waals surface area contributed by atoms with E-state index in [0.717, 1.165) is 25.9 Å². The second-order valence-electron chi connectivity index (χ2n) is 5.98. The molecule has 0 spiro atoms. The monoisotopic (exact) mass is 338 g/mol. The molecule has 2 saturated heterocycles. The molecule has 2 unspecified atom stereocenters. The average Bonchev–Trinajstić information content (AvgIpc) is 3.04. The summed E-state index contributed by atoms with van der Waals surface area (Å²) in [6.45, 7) is 1.76. The van der Waals surface area contributed by atoms with Crippen LogP contribution in [0.3, 0.4) is 0 Å². The molecule has 0 bridgehead atoms. The molecule has 2 atom stereocenters. The summed E-state index contributed by atoms with van der Waals surface area (Å²) in [5.41, 5.74) is -0.540. The zero-order chi connectivity index (χ0) is 16.9. The number of carbonyl (C=O) groups is 1. The van der Waals surface area contributed by atoms with Crippen LogP contribution in [0.1, 0.15) is 25.5 Å². The minimum Gasteiger partial charge on any atom is -0.391 e. The summed E-state index contributed by atoms with van der Waals surface area (Å²) in [6, 6.07) is 1.55. The van der Waals surface area contributed by atoms with Crippen LogP contribution in [0.15, 0.2) is 17.1 Å². The molecule has 0 aliphatic carbocycles. The van der Waals surface area contributed by atoms with E-state index >= 15 is 0 Å². The summed E-state index contributed by atoms with van der Waals surface area (Å²) in [6.07, 6.45) is 2.54. The van der Waals surface area contributed by atoms with Crippen molar-refractivity contribution in [2.24, 2.45) is 5.92 Å². The zero-order valence-electron chi connectivity index (χ0n) is 13.3. The van der Waals surface area contributed by atoms with Crippen LogP contribution in [0, 0.1) is 5.92 Å². The summed E-state index contributed by atoms with van der Waals surface area (Å²) < 4.78 is 11.8. The van der Waals surface area contributed by atoms with Gasteiger partial charge in [-0.3, -0.25) is 9.36 Å². The lowest BCUT2D eigenvalue weighted by Gasteiger charge is -2.21. The molecular formula is C15H22N4O5. The topological polar surface area (TPSA) is 115 Å². The quantitative estimate of drug-likeness (QED) is 0.659. The lowest BCUT2D eigenvalue weighted by molar-refractivity contribution is -0.117. The zero-order valence-corrected chi connectivity index (χ0v) is 13.3. The van der Waals surface area contributed by atoms with Crippen molar-refractivity contribution < 1.29 is 19.4 Å². The van der Waals surface area contributed by atoms with E-state index < -0.39 is 18.2 Å². The second-order valence-corrected chi connectivity index (χ2v) is 5.98. The summed E-state index contributed by atoms with van der Waals surface area (Å²) >= 11 is 0. The van der Waals surface area contributed by atoms with Crippen LogP contribution < -0.4 is 16.3 Å². The second kappa shape index (κ2) is 7.84. The Morgan fingerprint density at radius 2 is 2.25 bits per heavy atom. The van der Waals surface area contributed by atoms with Gasteiger partial charge in [-0.2, -0.15) is 4.98 Å². The third-order valence-corrected chi connectivity index (χ3v) is 4.22. The molecule has 0 saturated carbocycles. The fraction of sp³-hybridized carbons (Fsp3) is 0.667. The highest BCUT2D eigenvalue weighted by atomic mass is 16.7. The number of aliphatic hydroxyl groups excluding tert-OH is 1. The summed E-state index contributed by atoms with van der Waals surface area (Å²) in [4.78, 5) is 28.0. The SMILES string of the molecule is O=C(CC1CCNCC1)Nc1ccn(C2COC(CO)O2)c(=O)n1. The number of nitrogens with one attached hydrogen (secondary N) is 2. The molecule has 2 aliphatic heterocycles. The molecule has 9 nitrogen and oxygen atoms in total. The maximum atomic E-state index is 12.1. The van der Waals surface area contributed by atoms with E-state index in [0.29, 0.717) is 12.3 Å². The van der Waals surface area contributed by atoms with Gasteiger partial charge >= 0.3 is 5.69 Å². The van der Waals surface area contributed by atoms with Gasteiger partial charge in [0.1, 0.15) is 5.82 Å². The molecule has 132 valence electrons. The van der Waals surface area contributed by atoms with Gasteiger partial charge in [0, 0.05) is 12.6 Å². The minimum absolute atomic E-state index is 0.132. The summed E-state index contributed by atoms with van der Waals surface area (Å²) in [5, 5.41) is 14.9. The van der Waals surface area contributed by atoms with Gasteiger partial charge in [0.15, 0.2) is 12.5 Å². The van der Waals surface area contributed by atoms with Crippen LogP contribution in [-0.4, -0.2) is 53.2 Å². The van der Waals surface area contributed by atoms with Crippen LogP contribution in [-0.2, 0) is 14.3 Å². The first-order valence-corrected chi connectivity index (χ1v) is 8.13. The molecule has 0 aromatic carbocycles. The summed E-state index contributed by atoms with van der Waals surface area (Å²) in [5.74, 6) is 0.464. The fourth-order valence-electron chi connectivity index (χ4n) is 2.93. The Hall–Kier alpha value is -1.81. The maximum absolute atomic E-state index is 12.1. The molecule has 3 N–H and O–H groups in total. The molecule has 24 heavy (non-hydrogen) atoms. The van der Waals surface area contributed by atoms with E-state index in [1.165, 1.54) is 10.8 Å². The van der Waals surface area contributed by atoms with Crippen molar-refractivity contribution in [1.29, 1.82) is 0 Å². The third kappa shape index (κ3) is 4.18. The highest BCUT2D eigenvalue weighted by molar-refractivity contribution is 5.89.